The second-order valence-electron chi connectivity index (χ2n) is 4.59. The Bertz CT molecular complexity index is 822. The highest BCUT2D eigenvalue weighted by molar-refractivity contribution is 6.34. The van der Waals surface area contributed by atoms with Crippen molar-refractivity contribution >= 4 is 35.0 Å². The van der Waals surface area contributed by atoms with Crippen LogP contribution >= 0.6 is 23.2 Å². The summed E-state index contributed by atoms with van der Waals surface area (Å²) in [6.45, 7) is 0.0515. The Morgan fingerprint density at radius 1 is 1.32 bits per heavy atom. The second-order valence-corrected chi connectivity index (χ2v) is 5.37. The van der Waals surface area contributed by atoms with E-state index in [0.29, 0.717) is 0 Å². The topological polar surface area (TPSA) is 87.3 Å². The Balaban J connectivity index is 2.53. The molecule has 2 rings (SSSR count). The van der Waals surface area contributed by atoms with Crippen molar-refractivity contribution < 1.29 is 27.4 Å². The third-order valence-electron chi connectivity index (χ3n) is 2.73. The minimum atomic E-state index is -2.82. The molecule has 0 aliphatic rings. The highest BCUT2D eigenvalue weighted by Crippen LogP contribution is 2.36. The number of nitrogen functional groups attached to an aromatic ring is 1. The van der Waals surface area contributed by atoms with Crippen molar-refractivity contribution in [2.45, 2.75) is 13.3 Å². The van der Waals surface area contributed by atoms with E-state index in [4.69, 9.17) is 33.7 Å². The highest BCUT2D eigenvalue weighted by Gasteiger charge is 2.21. The van der Waals surface area contributed by atoms with Gasteiger partial charge in [0.2, 0.25) is 5.88 Å². The maximum absolute atomic E-state index is 14.6. The van der Waals surface area contributed by atoms with E-state index in [-0.39, 0.29) is 33.1 Å². The monoisotopic (exact) mass is 395 g/mol. The predicted molar refractivity (Wildman–Crippen MR) is 84.7 cm³/mol. The van der Waals surface area contributed by atoms with Gasteiger partial charge in [-0.15, -0.1) is 0 Å². The standard InChI is InChI=1S/C14H10Cl2F3N3O3/c1-5(23)25-14-9(16)12(20)21-13(22-14)6-2-3-7(15)11(10(6)19)24-4-8(17)18/h2-3,8H,4H2,1H3,(H2,20,21,22). The predicted octanol–water partition coefficient (Wildman–Crippen LogP) is 3.74. The van der Waals surface area contributed by atoms with Crippen LogP contribution in [0.25, 0.3) is 11.4 Å². The Labute approximate surface area is 149 Å². The number of rotatable bonds is 5. The summed E-state index contributed by atoms with van der Waals surface area (Å²) in [6.07, 6.45) is -2.82. The number of nitrogens with two attached hydrogens (primary N) is 1. The fraction of sp³-hybridized carbons (Fsp3) is 0.214. The molecular formula is C14H10Cl2F3N3O3. The zero-order valence-corrected chi connectivity index (χ0v) is 14.0. The minimum Gasteiger partial charge on any atom is -0.483 e. The molecule has 11 heteroatoms. The number of ether oxygens (including phenoxy) is 2. The van der Waals surface area contributed by atoms with Crippen LogP contribution in [0.15, 0.2) is 12.1 Å². The number of hydrogen-bond donors (Lipinski definition) is 1. The summed E-state index contributed by atoms with van der Waals surface area (Å²) in [5.41, 5.74) is 5.34. The third kappa shape index (κ3) is 4.43. The number of esters is 1. The molecule has 1 heterocycles. The normalized spacial score (nSPS) is 10.8. The van der Waals surface area contributed by atoms with E-state index < -0.39 is 30.6 Å². The van der Waals surface area contributed by atoms with E-state index in [0.717, 1.165) is 6.92 Å². The van der Waals surface area contributed by atoms with Crippen molar-refractivity contribution in [3.05, 3.63) is 28.0 Å². The number of anilines is 1. The van der Waals surface area contributed by atoms with Crippen LogP contribution in [0.4, 0.5) is 19.0 Å². The summed E-state index contributed by atoms with van der Waals surface area (Å²) in [4.78, 5) is 18.7. The van der Waals surface area contributed by atoms with Crippen LogP contribution in [0.1, 0.15) is 6.92 Å². The summed E-state index contributed by atoms with van der Waals surface area (Å²) in [6, 6.07) is 2.40. The van der Waals surface area contributed by atoms with Crippen LogP contribution in [-0.4, -0.2) is 29.0 Å². The fourth-order valence-electron chi connectivity index (χ4n) is 1.75. The van der Waals surface area contributed by atoms with Gasteiger partial charge in [-0.1, -0.05) is 23.2 Å². The van der Waals surface area contributed by atoms with E-state index in [1.807, 2.05) is 0 Å². The second kappa shape index (κ2) is 7.75. The highest BCUT2D eigenvalue weighted by atomic mass is 35.5. The number of carbonyl (C=O) groups is 1. The first-order valence-corrected chi connectivity index (χ1v) is 7.37. The lowest BCUT2D eigenvalue weighted by Gasteiger charge is -2.12. The molecule has 6 nitrogen and oxygen atoms in total. The molecule has 0 spiro atoms. The van der Waals surface area contributed by atoms with Crippen LogP contribution in [-0.2, 0) is 4.79 Å². The molecule has 2 aromatic rings. The van der Waals surface area contributed by atoms with E-state index >= 15 is 0 Å². The Morgan fingerprint density at radius 3 is 2.60 bits per heavy atom. The lowest BCUT2D eigenvalue weighted by atomic mass is 10.2. The van der Waals surface area contributed by atoms with Crippen LogP contribution in [0.5, 0.6) is 11.6 Å². The molecule has 2 N–H and O–H groups in total. The van der Waals surface area contributed by atoms with Gasteiger partial charge in [0.15, 0.2) is 17.4 Å². The summed E-state index contributed by atoms with van der Waals surface area (Å²) in [7, 11) is 0. The van der Waals surface area contributed by atoms with Gasteiger partial charge >= 0.3 is 5.97 Å². The minimum absolute atomic E-state index is 0.218. The van der Waals surface area contributed by atoms with Crippen molar-refractivity contribution in [1.82, 2.24) is 9.97 Å². The van der Waals surface area contributed by atoms with Gasteiger partial charge < -0.3 is 15.2 Å². The maximum atomic E-state index is 14.6. The smallest absolute Gasteiger partial charge is 0.309 e. The van der Waals surface area contributed by atoms with Crippen molar-refractivity contribution in [2.75, 3.05) is 12.3 Å². The summed E-state index contributed by atoms with van der Waals surface area (Å²) in [5, 5.41) is -0.452. The molecule has 0 aliphatic carbocycles. The van der Waals surface area contributed by atoms with E-state index in [1.54, 1.807) is 0 Å². The number of aromatic nitrogens is 2. The van der Waals surface area contributed by atoms with Crippen molar-refractivity contribution in [3.8, 4) is 23.0 Å². The molecule has 1 aromatic heterocycles. The molecule has 0 amide bonds. The zero-order valence-electron chi connectivity index (χ0n) is 12.5. The van der Waals surface area contributed by atoms with Gasteiger partial charge in [0.05, 0.1) is 10.6 Å². The molecule has 0 radical (unpaired) electrons. The number of nitrogens with zero attached hydrogens (tertiary/aromatic N) is 2. The maximum Gasteiger partial charge on any atom is 0.309 e. The molecule has 134 valence electrons. The summed E-state index contributed by atoms with van der Waals surface area (Å²) in [5.74, 6) is -3.35. The first kappa shape index (κ1) is 19.1. The van der Waals surface area contributed by atoms with Gasteiger partial charge in [-0.2, -0.15) is 4.98 Å². The number of alkyl halides is 2. The average molecular weight is 396 g/mol. The molecule has 0 aliphatic heterocycles. The number of carbonyl (C=O) groups excluding carboxylic acids is 1. The largest absolute Gasteiger partial charge is 0.483 e. The van der Waals surface area contributed by atoms with Crippen LogP contribution in [0.3, 0.4) is 0 Å². The van der Waals surface area contributed by atoms with E-state index in [1.165, 1.54) is 12.1 Å². The summed E-state index contributed by atoms with van der Waals surface area (Å²) < 4.78 is 48.6. The van der Waals surface area contributed by atoms with Crippen LogP contribution < -0.4 is 15.2 Å². The SMILES string of the molecule is CC(=O)Oc1nc(-c2ccc(Cl)c(OCC(F)F)c2F)nc(N)c1Cl. The number of halogens is 5. The Morgan fingerprint density at radius 2 is 2.00 bits per heavy atom. The lowest BCUT2D eigenvalue weighted by molar-refractivity contribution is -0.132. The molecule has 25 heavy (non-hydrogen) atoms. The Kier molecular flexibility index (Phi) is 5.91. The van der Waals surface area contributed by atoms with Gasteiger partial charge in [0.1, 0.15) is 17.4 Å². The molecule has 0 saturated heterocycles. The average Bonchev–Trinajstić information content (AvgIpc) is 2.51. The van der Waals surface area contributed by atoms with Crippen molar-refractivity contribution in [2.24, 2.45) is 0 Å². The first-order chi connectivity index (χ1) is 11.7. The van der Waals surface area contributed by atoms with E-state index in [2.05, 4.69) is 14.7 Å². The molecule has 0 unspecified atom stereocenters. The van der Waals surface area contributed by atoms with Gasteiger partial charge in [-0.25, -0.2) is 18.2 Å². The van der Waals surface area contributed by atoms with Crippen molar-refractivity contribution in [1.29, 1.82) is 0 Å². The zero-order chi connectivity index (χ0) is 18.7. The first-order valence-electron chi connectivity index (χ1n) is 6.61. The van der Waals surface area contributed by atoms with Gasteiger partial charge in [-0.05, 0) is 12.1 Å². The van der Waals surface area contributed by atoms with Gasteiger partial charge in [-0.3, -0.25) is 4.79 Å². The van der Waals surface area contributed by atoms with E-state index in [9.17, 15) is 18.0 Å². The quantitative estimate of drug-likeness (QED) is 0.775. The molecular weight excluding hydrogens is 386 g/mol. The third-order valence-corrected chi connectivity index (χ3v) is 3.38. The molecule has 0 atom stereocenters. The van der Waals surface area contributed by atoms with Crippen LogP contribution in [0, 0.1) is 5.82 Å². The molecule has 0 fully saturated rings. The summed E-state index contributed by atoms with van der Waals surface area (Å²) >= 11 is 11.6. The molecule has 0 bridgehead atoms. The van der Waals surface area contributed by atoms with Gasteiger partial charge in [0, 0.05) is 6.92 Å². The Hall–Kier alpha value is -2.26. The number of benzene rings is 1. The van der Waals surface area contributed by atoms with Crippen molar-refractivity contribution in [3.63, 3.8) is 0 Å². The lowest BCUT2D eigenvalue weighted by Crippen LogP contribution is -2.10. The fourth-order valence-corrected chi connectivity index (χ4v) is 2.07. The van der Waals surface area contributed by atoms with Gasteiger partial charge in [0.25, 0.3) is 6.43 Å². The number of hydrogen-bond acceptors (Lipinski definition) is 6. The molecule has 0 saturated carbocycles. The van der Waals surface area contributed by atoms with Crippen LogP contribution in [0.2, 0.25) is 10.0 Å². The molecule has 1 aromatic carbocycles.